The number of unbranched alkanes of at least 4 members (excludes halogenated alkanes) is 1. The highest BCUT2D eigenvalue weighted by molar-refractivity contribution is 5.79. The molecule has 0 rings (SSSR count). The number of ketones is 1. The number of carbonyl (C=O) groups excluding carboxylic acids is 1. The monoisotopic (exact) mass is 208 g/mol. The second kappa shape index (κ2) is 6.44. The molecule has 0 saturated carbocycles. The molecule has 0 amide bonds. The minimum absolute atomic E-state index is 0.169. The van der Waals surface area contributed by atoms with Crippen LogP contribution in [0.4, 0.5) is 13.2 Å². The van der Waals surface area contributed by atoms with E-state index in [4.69, 9.17) is 6.42 Å². The fourth-order valence-corrected chi connectivity index (χ4v) is 0.740. The quantitative estimate of drug-likeness (QED) is 0.492. The molecule has 0 aliphatic rings. The Morgan fingerprint density at radius 1 is 1.43 bits per heavy atom. The van der Waals surface area contributed by atoms with Crippen LogP contribution in [0.1, 0.15) is 19.3 Å². The molecule has 0 bridgehead atoms. The molecule has 0 N–H and O–H groups in total. The lowest BCUT2D eigenvalue weighted by atomic mass is 10.2. The molecule has 2 nitrogen and oxygen atoms in total. The van der Waals surface area contributed by atoms with E-state index in [1.807, 2.05) is 0 Å². The van der Waals surface area contributed by atoms with Crippen LogP contribution in [-0.2, 0) is 9.53 Å². The van der Waals surface area contributed by atoms with Crippen LogP contribution in [0.2, 0.25) is 0 Å². The second-order valence-electron chi connectivity index (χ2n) is 2.70. The molecule has 14 heavy (non-hydrogen) atoms. The van der Waals surface area contributed by atoms with Crippen molar-refractivity contribution < 1.29 is 22.7 Å². The number of carbonyl (C=O) groups is 1. The normalized spacial score (nSPS) is 11.0. The minimum Gasteiger partial charge on any atom is -0.364 e. The fourth-order valence-electron chi connectivity index (χ4n) is 0.740. The van der Waals surface area contributed by atoms with E-state index < -0.39 is 19.4 Å². The average Bonchev–Trinajstić information content (AvgIpc) is 2.02. The molecule has 0 radical (unpaired) electrons. The van der Waals surface area contributed by atoms with Crippen LogP contribution in [0, 0.1) is 12.3 Å². The van der Waals surface area contributed by atoms with Gasteiger partial charge in [-0.1, -0.05) is 0 Å². The summed E-state index contributed by atoms with van der Waals surface area (Å²) in [5.41, 5.74) is 0. The van der Waals surface area contributed by atoms with Crippen LogP contribution in [0.15, 0.2) is 0 Å². The van der Waals surface area contributed by atoms with Gasteiger partial charge in [0.15, 0.2) is 5.78 Å². The largest absolute Gasteiger partial charge is 0.411 e. The lowest BCUT2D eigenvalue weighted by Gasteiger charge is -2.06. The van der Waals surface area contributed by atoms with Gasteiger partial charge < -0.3 is 4.74 Å². The summed E-state index contributed by atoms with van der Waals surface area (Å²) in [5.74, 6) is 1.97. The third-order valence-electron chi connectivity index (χ3n) is 1.31. The van der Waals surface area contributed by atoms with Gasteiger partial charge in [-0.15, -0.1) is 12.3 Å². The standard InChI is InChI=1S/C9H11F3O2/c1-2-3-4-5-8(13)6-14-7-9(10,11)12/h1H,3-7H2. The van der Waals surface area contributed by atoms with Gasteiger partial charge in [0.1, 0.15) is 13.2 Å². The lowest BCUT2D eigenvalue weighted by molar-refractivity contribution is -0.175. The number of halogens is 3. The van der Waals surface area contributed by atoms with Gasteiger partial charge in [0.2, 0.25) is 0 Å². The van der Waals surface area contributed by atoms with Crippen LogP contribution in [0.3, 0.4) is 0 Å². The number of rotatable bonds is 6. The van der Waals surface area contributed by atoms with E-state index in [1.54, 1.807) is 0 Å². The number of terminal acetylenes is 1. The van der Waals surface area contributed by atoms with Crippen molar-refractivity contribution in [1.29, 1.82) is 0 Å². The van der Waals surface area contributed by atoms with Crippen molar-refractivity contribution in [2.75, 3.05) is 13.2 Å². The number of alkyl halides is 3. The molecule has 0 aliphatic heterocycles. The Labute approximate surface area is 80.4 Å². The van der Waals surface area contributed by atoms with Crippen molar-refractivity contribution in [3.05, 3.63) is 0 Å². The third-order valence-corrected chi connectivity index (χ3v) is 1.31. The Morgan fingerprint density at radius 2 is 2.07 bits per heavy atom. The Hall–Kier alpha value is -1.02. The first-order chi connectivity index (χ1) is 6.45. The number of hydrogen-bond donors (Lipinski definition) is 0. The van der Waals surface area contributed by atoms with E-state index in [0.29, 0.717) is 12.8 Å². The van der Waals surface area contributed by atoms with Gasteiger partial charge in [-0.25, -0.2) is 0 Å². The Bertz CT molecular complexity index is 215. The van der Waals surface area contributed by atoms with Crippen molar-refractivity contribution in [3.63, 3.8) is 0 Å². The van der Waals surface area contributed by atoms with Crippen molar-refractivity contribution in [2.24, 2.45) is 0 Å². The topological polar surface area (TPSA) is 26.3 Å². The minimum atomic E-state index is -4.38. The molecular formula is C9H11F3O2. The van der Waals surface area contributed by atoms with E-state index in [2.05, 4.69) is 10.7 Å². The zero-order chi connectivity index (χ0) is 11.0. The smallest absolute Gasteiger partial charge is 0.364 e. The first-order valence-electron chi connectivity index (χ1n) is 4.05. The van der Waals surface area contributed by atoms with Gasteiger partial charge in [-0.05, 0) is 6.42 Å². The summed E-state index contributed by atoms with van der Waals surface area (Å²) in [6.45, 7) is -1.88. The van der Waals surface area contributed by atoms with Crippen LogP contribution in [0.25, 0.3) is 0 Å². The van der Waals surface area contributed by atoms with Gasteiger partial charge in [0.25, 0.3) is 0 Å². The predicted molar refractivity (Wildman–Crippen MR) is 44.6 cm³/mol. The summed E-state index contributed by atoms with van der Waals surface area (Å²) in [6, 6.07) is 0. The lowest BCUT2D eigenvalue weighted by Crippen LogP contribution is -2.20. The molecule has 0 aliphatic carbocycles. The Kier molecular flexibility index (Phi) is 5.97. The fraction of sp³-hybridized carbons (Fsp3) is 0.667. The maximum absolute atomic E-state index is 11.5. The van der Waals surface area contributed by atoms with Crippen molar-refractivity contribution >= 4 is 5.78 Å². The first kappa shape index (κ1) is 13.0. The molecule has 5 heteroatoms. The molecule has 0 aromatic rings. The zero-order valence-electron chi connectivity index (χ0n) is 7.56. The first-order valence-corrected chi connectivity index (χ1v) is 4.05. The molecule has 0 fully saturated rings. The summed E-state index contributed by atoms with van der Waals surface area (Å²) < 4.78 is 38.8. The zero-order valence-corrected chi connectivity index (χ0v) is 7.56. The Morgan fingerprint density at radius 3 is 2.57 bits per heavy atom. The van der Waals surface area contributed by atoms with E-state index in [1.165, 1.54) is 0 Å². The molecular weight excluding hydrogens is 197 g/mol. The van der Waals surface area contributed by atoms with Crippen LogP contribution < -0.4 is 0 Å². The molecule has 0 aromatic heterocycles. The van der Waals surface area contributed by atoms with E-state index in [9.17, 15) is 18.0 Å². The molecule has 0 unspecified atom stereocenters. The highest BCUT2D eigenvalue weighted by Gasteiger charge is 2.27. The molecule has 0 atom stereocenters. The number of Topliss-reactive ketones (excluding diaryl/α,β-unsaturated/α-hetero) is 1. The average molecular weight is 208 g/mol. The maximum atomic E-state index is 11.5. The molecule has 0 saturated heterocycles. The van der Waals surface area contributed by atoms with Gasteiger partial charge >= 0.3 is 6.18 Å². The number of hydrogen-bond acceptors (Lipinski definition) is 2. The summed E-state index contributed by atoms with van der Waals surface area (Å²) in [5, 5.41) is 0. The van der Waals surface area contributed by atoms with Crippen molar-refractivity contribution in [1.82, 2.24) is 0 Å². The SMILES string of the molecule is C#CCCCC(=O)COCC(F)(F)F. The molecule has 0 heterocycles. The van der Waals surface area contributed by atoms with Gasteiger partial charge in [-0.3, -0.25) is 4.79 Å². The van der Waals surface area contributed by atoms with E-state index in [0.717, 1.165) is 0 Å². The van der Waals surface area contributed by atoms with Gasteiger partial charge in [0, 0.05) is 12.8 Å². The van der Waals surface area contributed by atoms with Crippen LogP contribution in [0.5, 0.6) is 0 Å². The summed E-state index contributed by atoms with van der Waals surface area (Å²) in [6.07, 6.45) is 1.66. The molecule has 0 aromatic carbocycles. The highest BCUT2D eigenvalue weighted by atomic mass is 19.4. The van der Waals surface area contributed by atoms with E-state index >= 15 is 0 Å². The van der Waals surface area contributed by atoms with Crippen LogP contribution >= 0.6 is 0 Å². The highest BCUT2D eigenvalue weighted by Crippen LogP contribution is 2.14. The number of ether oxygens (including phenoxy) is 1. The van der Waals surface area contributed by atoms with Gasteiger partial charge in [0.05, 0.1) is 0 Å². The molecule has 0 spiro atoms. The summed E-state index contributed by atoms with van der Waals surface area (Å²) in [7, 11) is 0. The van der Waals surface area contributed by atoms with Gasteiger partial charge in [-0.2, -0.15) is 13.2 Å². The van der Waals surface area contributed by atoms with E-state index in [-0.39, 0.29) is 12.2 Å². The summed E-state index contributed by atoms with van der Waals surface area (Å²) in [4.78, 5) is 10.8. The third kappa shape index (κ3) is 9.07. The Balaban J connectivity index is 3.42. The second-order valence-corrected chi connectivity index (χ2v) is 2.70. The maximum Gasteiger partial charge on any atom is 0.411 e. The summed E-state index contributed by atoms with van der Waals surface area (Å²) >= 11 is 0. The molecule has 80 valence electrons. The predicted octanol–water partition coefficient (Wildman–Crippen LogP) is 1.94. The van der Waals surface area contributed by atoms with Crippen molar-refractivity contribution in [2.45, 2.75) is 25.4 Å². The van der Waals surface area contributed by atoms with Crippen molar-refractivity contribution in [3.8, 4) is 12.3 Å². The van der Waals surface area contributed by atoms with Crippen LogP contribution in [-0.4, -0.2) is 25.2 Å².